The van der Waals surface area contributed by atoms with Crippen LogP contribution in [0.15, 0.2) is 84.9 Å². The molecule has 0 unspecified atom stereocenters. The minimum atomic E-state index is 0.455. The van der Waals surface area contributed by atoms with Crippen LogP contribution in [0, 0.1) is 11.3 Å². The molecule has 0 aliphatic carbocycles. The Labute approximate surface area is 163 Å². The lowest BCUT2D eigenvalue weighted by Crippen LogP contribution is -2.01. The Morgan fingerprint density at radius 3 is 1.68 bits per heavy atom. The Morgan fingerprint density at radius 2 is 1.18 bits per heavy atom. The second-order valence-corrected chi connectivity index (χ2v) is 6.19. The number of benzene rings is 3. The highest BCUT2D eigenvalue weighted by molar-refractivity contribution is 5.79. The molecule has 1 aromatic heterocycles. The SMILES string of the molecule is COc1ccc(-c2nc(-c3ccccc3)nc(-c3ccccc3)c2C#N)cc1. The van der Waals surface area contributed by atoms with Crippen LogP contribution < -0.4 is 4.74 Å². The van der Waals surface area contributed by atoms with Gasteiger partial charge in [-0.05, 0) is 24.3 Å². The lowest BCUT2D eigenvalue weighted by Gasteiger charge is -2.12. The maximum absolute atomic E-state index is 9.93. The molecule has 0 aliphatic rings. The first-order valence-corrected chi connectivity index (χ1v) is 8.87. The van der Waals surface area contributed by atoms with Crippen molar-refractivity contribution in [2.24, 2.45) is 0 Å². The summed E-state index contributed by atoms with van der Waals surface area (Å²) in [6.45, 7) is 0. The van der Waals surface area contributed by atoms with Gasteiger partial charge in [-0.15, -0.1) is 0 Å². The second kappa shape index (κ2) is 7.73. The molecule has 4 aromatic rings. The predicted octanol–water partition coefficient (Wildman–Crippen LogP) is 5.36. The van der Waals surface area contributed by atoms with Gasteiger partial charge in [0, 0.05) is 16.7 Å². The molecule has 4 rings (SSSR count). The molecule has 0 atom stereocenters. The number of nitrogens with zero attached hydrogens (tertiary/aromatic N) is 3. The number of aromatic nitrogens is 2. The zero-order valence-corrected chi connectivity index (χ0v) is 15.3. The third-order valence-electron chi connectivity index (χ3n) is 4.46. The molecule has 4 nitrogen and oxygen atoms in total. The largest absolute Gasteiger partial charge is 0.497 e. The second-order valence-electron chi connectivity index (χ2n) is 6.19. The van der Waals surface area contributed by atoms with Gasteiger partial charge in [0.2, 0.25) is 0 Å². The highest BCUT2D eigenvalue weighted by Crippen LogP contribution is 2.32. The monoisotopic (exact) mass is 363 g/mol. The van der Waals surface area contributed by atoms with E-state index < -0.39 is 0 Å². The zero-order valence-electron chi connectivity index (χ0n) is 15.3. The lowest BCUT2D eigenvalue weighted by atomic mass is 10.00. The Hall–Kier alpha value is -3.97. The molecule has 1 heterocycles. The molecule has 28 heavy (non-hydrogen) atoms. The summed E-state index contributed by atoms with van der Waals surface area (Å²) in [6, 6.07) is 29.4. The highest BCUT2D eigenvalue weighted by Gasteiger charge is 2.18. The van der Waals surface area contributed by atoms with Crippen molar-refractivity contribution in [2.45, 2.75) is 0 Å². The van der Waals surface area contributed by atoms with Gasteiger partial charge in [-0.2, -0.15) is 5.26 Å². The summed E-state index contributed by atoms with van der Waals surface area (Å²) in [5.74, 6) is 1.34. The van der Waals surface area contributed by atoms with Crippen LogP contribution in [-0.4, -0.2) is 17.1 Å². The lowest BCUT2D eigenvalue weighted by molar-refractivity contribution is 0.415. The van der Waals surface area contributed by atoms with Crippen LogP contribution in [0.5, 0.6) is 5.75 Å². The van der Waals surface area contributed by atoms with Gasteiger partial charge in [0.1, 0.15) is 17.4 Å². The van der Waals surface area contributed by atoms with Crippen molar-refractivity contribution in [3.05, 3.63) is 90.5 Å². The van der Waals surface area contributed by atoms with Crippen LogP contribution >= 0.6 is 0 Å². The molecule has 0 saturated heterocycles. The smallest absolute Gasteiger partial charge is 0.160 e. The topological polar surface area (TPSA) is 58.8 Å². The van der Waals surface area contributed by atoms with Crippen molar-refractivity contribution < 1.29 is 4.74 Å². The standard InChI is InChI=1S/C24H17N3O/c1-28-20-14-12-18(13-15-20)23-21(16-25)22(17-8-4-2-5-9-17)26-24(27-23)19-10-6-3-7-11-19/h2-15H,1H3. The highest BCUT2D eigenvalue weighted by atomic mass is 16.5. The average Bonchev–Trinajstić information content (AvgIpc) is 2.79. The van der Waals surface area contributed by atoms with Gasteiger partial charge in [0.15, 0.2) is 5.82 Å². The van der Waals surface area contributed by atoms with E-state index in [1.165, 1.54) is 0 Å². The molecule has 3 aromatic carbocycles. The fraction of sp³-hybridized carbons (Fsp3) is 0.0417. The normalized spacial score (nSPS) is 10.3. The number of hydrogen-bond donors (Lipinski definition) is 0. The molecule has 0 spiro atoms. The number of nitriles is 1. The molecular weight excluding hydrogens is 346 g/mol. The quantitative estimate of drug-likeness (QED) is 0.490. The van der Waals surface area contributed by atoms with Crippen LogP contribution in [0.2, 0.25) is 0 Å². The van der Waals surface area contributed by atoms with Gasteiger partial charge < -0.3 is 4.74 Å². The van der Waals surface area contributed by atoms with E-state index in [2.05, 4.69) is 6.07 Å². The van der Waals surface area contributed by atoms with E-state index in [9.17, 15) is 5.26 Å². The summed E-state index contributed by atoms with van der Waals surface area (Å²) in [4.78, 5) is 9.50. The molecule has 4 heteroatoms. The first kappa shape index (κ1) is 17.4. The summed E-state index contributed by atoms with van der Waals surface area (Å²) in [7, 11) is 1.63. The van der Waals surface area contributed by atoms with E-state index >= 15 is 0 Å². The Balaban J connectivity index is 1.99. The molecule has 134 valence electrons. The zero-order chi connectivity index (χ0) is 19.3. The van der Waals surface area contributed by atoms with E-state index in [-0.39, 0.29) is 0 Å². The summed E-state index contributed by atoms with van der Waals surface area (Å²) >= 11 is 0. The fourth-order valence-corrected chi connectivity index (χ4v) is 3.05. The van der Waals surface area contributed by atoms with Gasteiger partial charge in [-0.25, -0.2) is 9.97 Å². The van der Waals surface area contributed by atoms with Crippen LogP contribution in [0.1, 0.15) is 5.56 Å². The number of rotatable bonds is 4. The van der Waals surface area contributed by atoms with E-state index in [4.69, 9.17) is 14.7 Å². The predicted molar refractivity (Wildman–Crippen MR) is 110 cm³/mol. The van der Waals surface area contributed by atoms with E-state index in [1.54, 1.807) is 7.11 Å². The van der Waals surface area contributed by atoms with E-state index in [0.29, 0.717) is 22.8 Å². The third kappa shape index (κ3) is 3.34. The van der Waals surface area contributed by atoms with Crippen LogP contribution in [0.25, 0.3) is 33.9 Å². The molecule has 0 aliphatic heterocycles. The van der Waals surface area contributed by atoms with Crippen molar-refractivity contribution >= 4 is 0 Å². The molecule has 0 N–H and O–H groups in total. The van der Waals surface area contributed by atoms with Gasteiger partial charge in [0.25, 0.3) is 0 Å². The first-order valence-electron chi connectivity index (χ1n) is 8.87. The summed E-state index contributed by atoms with van der Waals surface area (Å²) in [5, 5.41) is 9.93. The van der Waals surface area contributed by atoms with Crippen LogP contribution in [0.4, 0.5) is 0 Å². The maximum atomic E-state index is 9.93. The maximum Gasteiger partial charge on any atom is 0.160 e. The van der Waals surface area contributed by atoms with Gasteiger partial charge in [-0.3, -0.25) is 0 Å². The third-order valence-corrected chi connectivity index (χ3v) is 4.46. The molecule has 0 bridgehead atoms. The Kier molecular flexibility index (Phi) is 4.81. The molecule has 0 amide bonds. The van der Waals surface area contributed by atoms with Gasteiger partial charge in [0.05, 0.1) is 18.5 Å². The van der Waals surface area contributed by atoms with Crippen molar-refractivity contribution in [1.29, 1.82) is 5.26 Å². The molecular formula is C24H17N3O. The van der Waals surface area contributed by atoms with Gasteiger partial charge >= 0.3 is 0 Å². The van der Waals surface area contributed by atoms with Crippen molar-refractivity contribution in [3.8, 4) is 45.7 Å². The number of hydrogen-bond acceptors (Lipinski definition) is 4. The van der Waals surface area contributed by atoms with E-state index in [0.717, 1.165) is 22.4 Å². The van der Waals surface area contributed by atoms with Crippen LogP contribution in [0.3, 0.4) is 0 Å². The molecule has 0 radical (unpaired) electrons. The van der Waals surface area contributed by atoms with Crippen molar-refractivity contribution in [1.82, 2.24) is 9.97 Å². The summed E-state index contributed by atoms with van der Waals surface area (Å²) < 4.78 is 5.25. The Bertz CT molecular complexity index is 1130. The minimum absolute atomic E-state index is 0.455. The Morgan fingerprint density at radius 1 is 0.679 bits per heavy atom. The fourth-order valence-electron chi connectivity index (χ4n) is 3.05. The average molecular weight is 363 g/mol. The number of methoxy groups -OCH3 is 1. The van der Waals surface area contributed by atoms with Crippen LogP contribution in [-0.2, 0) is 0 Å². The summed E-state index contributed by atoms with van der Waals surface area (Å²) in [6.07, 6.45) is 0. The van der Waals surface area contributed by atoms with Gasteiger partial charge in [-0.1, -0.05) is 60.7 Å². The molecule has 0 fully saturated rings. The van der Waals surface area contributed by atoms with Crippen molar-refractivity contribution in [2.75, 3.05) is 7.11 Å². The van der Waals surface area contributed by atoms with Crippen molar-refractivity contribution in [3.63, 3.8) is 0 Å². The molecule has 0 saturated carbocycles. The minimum Gasteiger partial charge on any atom is -0.497 e. The first-order chi connectivity index (χ1) is 13.8. The number of ether oxygens (including phenoxy) is 1. The summed E-state index contributed by atoms with van der Waals surface area (Å²) in [5.41, 5.74) is 4.32. The van der Waals surface area contributed by atoms with E-state index in [1.807, 2.05) is 84.9 Å².